The normalized spacial score (nSPS) is 26.7. The topological polar surface area (TPSA) is 129 Å². The highest BCUT2D eigenvalue weighted by Crippen LogP contribution is 2.39. The number of H-pyrrole nitrogens is 1. The van der Waals surface area contributed by atoms with Crippen LogP contribution < -0.4 is 16.6 Å². The third kappa shape index (κ3) is 4.03. The zero-order chi connectivity index (χ0) is 23.2. The molecule has 1 amide bonds. The maximum Gasteiger partial charge on any atom is 0.328 e. The van der Waals surface area contributed by atoms with E-state index in [0.717, 1.165) is 5.69 Å². The number of carbonyl (C=O) groups excluding carboxylic acids is 1. The number of ether oxygens (including phenoxy) is 3. The lowest BCUT2D eigenvalue weighted by molar-refractivity contribution is -0.153. The first-order chi connectivity index (χ1) is 15.1. The Labute approximate surface area is 184 Å². The Hall–Kier alpha value is -2.76. The molecule has 0 aromatic carbocycles. The summed E-state index contributed by atoms with van der Waals surface area (Å²) in [6, 6.07) is -0.484. The SMILES string of the molecule is CCn1ncc(C(=O)NC[C@H]2OC[C@@H](n3cc(C)c(=O)[nH]c3=O)[C@@H]3OC(C)(C)O[C@@H]32)c1C. The molecular weight excluding hydrogens is 418 g/mol. The number of amides is 1. The van der Waals surface area contributed by atoms with Crippen molar-refractivity contribution in [2.24, 2.45) is 0 Å². The summed E-state index contributed by atoms with van der Waals surface area (Å²) in [6.07, 6.45) is 1.59. The summed E-state index contributed by atoms with van der Waals surface area (Å²) in [5.74, 6) is -1.13. The van der Waals surface area contributed by atoms with Gasteiger partial charge in [-0.05, 0) is 34.6 Å². The molecule has 174 valence electrons. The number of nitrogens with zero attached hydrogens (tertiary/aromatic N) is 3. The minimum Gasteiger partial charge on any atom is -0.371 e. The number of fused-ring (bicyclic) bond motifs is 1. The van der Waals surface area contributed by atoms with Crippen molar-refractivity contribution in [1.29, 1.82) is 0 Å². The molecule has 2 fully saturated rings. The minimum absolute atomic E-state index is 0.166. The predicted molar refractivity (Wildman–Crippen MR) is 114 cm³/mol. The number of carbonyl (C=O) groups is 1. The standard InChI is InChI=1S/C21H29N5O6/c1-6-26-12(3)13(7-23-26)19(28)22-8-15-17-16(31-21(4,5)32-17)14(10-30-15)25-9-11(2)18(27)24-20(25)29/h7,9,14-17H,6,8,10H2,1-5H3,(H,22,28)(H,24,27,29)/t14-,15-,16+,17-/m1/s1. The van der Waals surface area contributed by atoms with Crippen molar-refractivity contribution in [3.63, 3.8) is 0 Å². The van der Waals surface area contributed by atoms with E-state index >= 15 is 0 Å². The second-order valence-corrected chi connectivity index (χ2v) is 8.65. The van der Waals surface area contributed by atoms with Gasteiger partial charge in [-0.15, -0.1) is 0 Å². The van der Waals surface area contributed by atoms with Gasteiger partial charge in [-0.3, -0.25) is 23.8 Å². The zero-order valence-corrected chi connectivity index (χ0v) is 18.9. The van der Waals surface area contributed by atoms with E-state index in [9.17, 15) is 14.4 Å². The van der Waals surface area contributed by atoms with E-state index in [4.69, 9.17) is 14.2 Å². The van der Waals surface area contributed by atoms with Crippen molar-refractivity contribution in [3.05, 3.63) is 50.1 Å². The van der Waals surface area contributed by atoms with E-state index in [1.807, 2.05) is 13.8 Å². The average Bonchev–Trinajstić information content (AvgIpc) is 3.27. The Morgan fingerprint density at radius 1 is 1.28 bits per heavy atom. The molecule has 0 saturated carbocycles. The molecule has 32 heavy (non-hydrogen) atoms. The molecule has 0 bridgehead atoms. The fraction of sp³-hybridized carbons (Fsp3) is 0.619. The van der Waals surface area contributed by atoms with Crippen molar-refractivity contribution in [2.45, 2.75) is 71.3 Å². The number of rotatable bonds is 5. The number of aromatic nitrogens is 4. The summed E-state index contributed by atoms with van der Waals surface area (Å²) in [5, 5.41) is 7.11. The molecule has 11 nitrogen and oxygen atoms in total. The first-order valence-electron chi connectivity index (χ1n) is 10.7. The third-order valence-electron chi connectivity index (χ3n) is 6.00. The van der Waals surface area contributed by atoms with Crippen molar-refractivity contribution in [2.75, 3.05) is 13.2 Å². The number of nitrogens with one attached hydrogen (secondary N) is 2. The molecule has 0 spiro atoms. The van der Waals surface area contributed by atoms with Gasteiger partial charge in [-0.1, -0.05) is 0 Å². The van der Waals surface area contributed by atoms with Gasteiger partial charge in [-0.25, -0.2) is 4.79 Å². The summed E-state index contributed by atoms with van der Waals surface area (Å²) in [4.78, 5) is 39.2. The molecule has 2 aromatic rings. The molecule has 2 saturated heterocycles. The highest BCUT2D eigenvalue weighted by molar-refractivity contribution is 5.95. The van der Waals surface area contributed by atoms with Crippen LogP contribution in [0.25, 0.3) is 0 Å². The summed E-state index contributed by atoms with van der Waals surface area (Å²) in [7, 11) is 0. The van der Waals surface area contributed by atoms with Crippen LogP contribution in [0.15, 0.2) is 22.0 Å². The molecular formula is C21H29N5O6. The summed E-state index contributed by atoms with van der Waals surface area (Å²) in [5.41, 5.74) is 0.761. The first-order valence-corrected chi connectivity index (χ1v) is 10.7. The van der Waals surface area contributed by atoms with Crippen molar-refractivity contribution in [3.8, 4) is 0 Å². The zero-order valence-electron chi connectivity index (χ0n) is 18.9. The molecule has 2 N–H and O–H groups in total. The fourth-order valence-electron chi connectivity index (χ4n) is 4.34. The lowest BCUT2D eigenvalue weighted by Gasteiger charge is -2.37. The molecule has 11 heteroatoms. The Bertz CT molecular complexity index is 1130. The van der Waals surface area contributed by atoms with E-state index in [0.29, 0.717) is 17.7 Å². The molecule has 0 aliphatic carbocycles. The van der Waals surface area contributed by atoms with Crippen LogP contribution in [0.4, 0.5) is 0 Å². The van der Waals surface area contributed by atoms with Gasteiger partial charge in [-0.2, -0.15) is 5.10 Å². The largest absolute Gasteiger partial charge is 0.371 e. The van der Waals surface area contributed by atoms with Crippen LogP contribution in [-0.2, 0) is 20.8 Å². The predicted octanol–water partition coefficient (Wildman–Crippen LogP) is 0.260. The Morgan fingerprint density at radius 3 is 2.69 bits per heavy atom. The number of hydrogen-bond donors (Lipinski definition) is 2. The van der Waals surface area contributed by atoms with Gasteiger partial charge in [0.25, 0.3) is 11.5 Å². The molecule has 4 rings (SSSR count). The van der Waals surface area contributed by atoms with Crippen LogP contribution in [-0.4, -0.2) is 62.5 Å². The maximum absolute atomic E-state index is 12.7. The van der Waals surface area contributed by atoms with E-state index < -0.39 is 41.4 Å². The lowest BCUT2D eigenvalue weighted by Crippen LogP contribution is -2.54. The summed E-state index contributed by atoms with van der Waals surface area (Å²) >= 11 is 0. The van der Waals surface area contributed by atoms with Gasteiger partial charge in [0.15, 0.2) is 5.79 Å². The van der Waals surface area contributed by atoms with Crippen LogP contribution in [0.1, 0.15) is 48.4 Å². The highest BCUT2D eigenvalue weighted by atomic mass is 16.8. The number of aromatic amines is 1. The van der Waals surface area contributed by atoms with Gasteiger partial charge in [0, 0.05) is 30.5 Å². The molecule has 0 unspecified atom stereocenters. The summed E-state index contributed by atoms with van der Waals surface area (Å²) < 4.78 is 21.4. The van der Waals surface area contributed by atoms with Gasteiger partial charge >= 0.3 is 5.69 Å². The molecule has 2 aromatic heterocycles. The first kappa shape index (κ1) is 22.4. The van der Waals surface area contributed by atoms with Crippen LogP contribution in [0.2, 0.25) is 0 Å². The van der Waals surface area contributed by atoms with Crippen LogP contribution in [0.5, 0.6) is 0 Å². The van der Waals surface area contributed by atoms with Gasteiger partial charge in [0.05, 0.1) is 24.4 Å². The van der Waals surface area contributed by atoms with Crippen molar-refractivity contribution < 1.29 is 19.0 Å². The number of hydrogen-bond acceptors (Lipinski definition) is 7. The lowest BCUT2D eigenvalue weighted by atomic mass is 9.97. The molecule has 4 heterocycles. The van der Waals surface area contributed by atoms with Crippen molar-refractivity contribution >= 4 is 5.91 Å². The monoisotopic (exact) mass is 447 g/mol. The van der Waals surface area contributed by atoms with Gasteiger partial charge in [0.1, 0.15) is 18.3 Å². The Kier molecular flexibility index (Phi) is 5.82. The molecule has 0 radical (unpaired) electrons. The fourth-order valence-corrected chi connectivity index (χ4v) is 4.34. The Morgan fingerprint density at radius 2 is 2.00 bits per heavy atom. The molecule has 2 aliphatic heterocycles. The van der Waals surface area contributed by atoms with Crippen LogP contribution >= 0.6 is 0 Å². The van der Waals surface area contributed by atoms with E-state index in [2.05, 4.69) is 15.4 Å². The van der Waals surface area contributed by atoms with Crippen LogP contribution in [0.3, 0.4) is 0 Å². The maximum atomic E-state index is 12.7. The number of aryl methyl sites for hydroxylation is 2. The van der Waals surface area contributed by atoms with E-state index in [1.165, 1.54) is 10.8 Å². The van der Waals surface area contributed by atoms with Crippen molar-refractivity contribution in [1.82, 2.24) is 24.6 Å². The second-order valence-electron chi connectivity index (χ2n) is 8.65. The van der Waals surface area contributed by atoms with Gasteiger partial charge < -0.3 is 19.5 Å². The highest BCUT2D eigenvalue weighted by Gasteiger charge is 2.52. The quantitative estimate of drug-likeness (QED) is 0.673. The Balaban J connectivity index is 1.52. The third-order valence-corrected chi connectivity index (χ3v) is 6.00. The van der Waals surface area contributed by atoms with E-state index in [1.54, 1.807) is 31.6 Å². The summed E-state index contributed by atoms with van der Waals surface area (Å²) in [6.45, 7) is 10.1. The second kappa shape index (κ2) is 8.30. The molecule has 4 atom stereocenters. The molecule has 2 aliphatic rings. The smallest absolute Gasteiger partial charge is 0.328 e. The van der Waals surface area contributed by atoms with Crippen LogP contribution in [0, 0.1) is 13.8 Å². The minimum atomic E-state index is -0.886. The van der Waals surface area contributed by atoms with Gasteiger partial charge in [0.2, 0.25) is 0 Å². The van der Waals surface area contributed by atoms with E-state index in [-0.39, 0.29) is 19.1 Å². The average molecular weight is 447 g/mol.